The van der Waals surface area contributed by atoms with Gasteiger partial charge in [-0.05, 0) is 30.3 Å². The van der Waals surface area contributed by atoms with Gasteiger partial charge in [0.1, 0.15) is 10.7 Å². The van der Waals surface area contributed by atoms with Crippen LogP contribution >= 0.6 is 0 Å². The predicted octanol–water partition coefficient (Wildman–Crippen LogP) is 2.43. The van der Waals surface area contributed by atoms with Crippen LogP contribution in [0.4, 0.5) is 0 Å². The van der Waals surface area contributed by atoms with Crippen LogP contribution in [-0.2, 0) is 9.84 Å². The van der Waals surface area contributed by atoms with Crippen molar-refractivity contribution < 1.29 is 22.7 Å². The molecular weight excluding hydrogens is 316 g/mol. The molecule has 3 rings (SSSR count). The smallest absolute Gasteiger partial charge is 0.210 e. The Morgan fingerprint density at radius 1 is 0.913 bits per heavy atom. The molecule has 23 heavy (non-hydrogen) atoms. The van der Waals surface area contributed by atoms with Crippen LogP contribution in [-0.4, -0.2) is 27.1 Å². The molecule has 6 heteroatoms. The molecule has 0 atom stereocenters. The number of sulfone groups is 1. The number of methoxy groups -OCH3 is 1. The van der Waals surface area contributed by atoms with Gasteiger partial charge in [0.05, 0.1) is 12.0 Å². The Morgan fingerprint density at radius 3 is 2.26 bits per heavy atom. The van der Waals surface area contributed by atoms with E-state index in [1.54, 1.807) is 18.2 Å². The highest BCUT2D eigenvalue weighted by molar-refractivity contribution is 7.96. The Morgan fingerprint density at radius 2 is 1.61 bits per heavy atom. The Labute approximate surface area is 133 Å². The van der Waals surface area contributed by atoms with Crippen molar-refractivity contribution >= 4 is 21.4 Å². The third-order valence-electron chi connectivity index (χ3n) is 3.57. The highest BCUT2D eigenvalue weighted by atomic mass is 32.2. The number of carbonyl (C=O) groups excluding carboxylic acids is 2. The van der Waals surface area contributed by atoms with E-state index in [0.717, 1.165) is 6.08 Å². The molecule has 0 aliphatic heterocycles. The molecule has 0 radical (unpaired) electrons. The summed E-state index contributed by atoms with van der Waals surface area (Å²) in [5.74, 6) is -0.799. The fourth-order valence-electron chi connectivity index (χ4n) is 2.37. The molecule has 1 aliphatic rings. The first-order chi connectivity index (χ1) is 10.9. The maximum Gasteiger partial charge on any atom is 0.210 e. The van der Waals surface area contributed by atoms with Gasteiger partial charge in [-0.15, -0.1) is 0 Å². The normalized spacial score (nSPS) is 14.2. The fourth-order valence-corrected chi connectivity index (χ4v) is 3.76. The number of benzene rings is 2. The molecule has 0 aromatic heterocycles. The standard InChI is InChI=1S/C17H12O5S/c1-22-11-7-8-13-14(9-11)15(18)10-16(17(13)19)23(20,21)12-5-3-2-4-6-12/h2-10H,1H3. The number of hydrogen-bond acceptors (Lipinski definition) is 5. The summed E-state index contributed by atoms with van der Waals surface area (Å²) in [6, 6.07) is 11.9. The Bertz CT molecular complexity index is 940. The second-order valence-electron chi connectivity index (χ2n) is 4.93. The minimum Gasteiger partial charge on any atom is -0.497 e. The van der Waals surface area contributed by atoms with Gasteiger partial charge in [-0.1, -0.05) is 18.2 Å². The monoisotopic (exact) mass is 328 g/mol. The molecule has 2 aromatic rings. The topological polar surface area (TPSA) is 77.5 Å². The van der Waals surface area contributed by atoms with E-state index in [0.29, 0.717) is 5.75 Å². The van der Waals surface area contributed by atoms with Gasteiger partial charge in [-0.25, -0.2) is 8.42 Å². The van der Waals surface area contributed by atoms with E-state index in [4.69, 9.17) is 4.74 Å². The molecule has 0 saturated heterocycles. The molecule has 0 fully saturated rings. The molecule has 2 aromatic carbocycles. The summed E-state index contributed by atoms with van der Waals surface area (Å²) in [5.41, 5.74) is 0.203. The van der Waals surface area contributed by atoms with E-state index in [2.05, 4.69) is 0 Å². The summed E-state index contributed by atoms with van der Waals surface area (Å²) in [6.07, 6.45) is 0.881. The molecule has 0 saturated carbocycles. The molecule has 5 nitrogen and oxygen atoms in total. The van der Waals surface area contributed by atoms with E-state index in [1.165, 1.54) is 37.4 Å². The van der Waals surface area contributed by atoms with Crippen LogP contribution in [0.2, 0.25) is 0 Å². The zero-order valence-electron chi connectivity index (χ0n) is 12.1. The first-order valence-corrected chi connectivity index (χ1v) is 8.22. The third kappa shape index (κ3) is 2.47. The maximum absolute atomic E-state index is 12.6. The minimum absolute atomic E-state index is 0.0237. The lowest BCUT2D eigenvalue weighted by Gasteiger charge is -2.16. The van der Waals surface area contributed by atoms with Crippen molar-refractivity contribution in [1.82, 2.24) is 0 Å². The molecule has 0 spiro atoms. The second kappa shape index (κ2) is 5.48. The van der Waals surface area contributed by atoms with Gasteiger partial charge >= 0.3 is 0 Å². The van der Waals surface area contributed by atoms with Gasteiger partial charge in [0, 0.05) is 17.2 Å². The average molecular weight is 328 g/mol. The van der Waals surface area contributed by atoms with Gasteiger partial charge in [0.2, 0.25) is 15.6 Å². The number of rotatable bonds is 3. The number of allylic oxidation sites excluding steroid dienone is 2. The van der Waals surface area contributed by atoms with Gasteiger partial charge in [-0.2, -0.15) is 0 Å². The van der Waals surface area contributed by atoms with Crippen LogP contribution in [0.5, 0.6) is 5.75 Å². The summed E-state index contributed by atoms with van der Waals surface area (Å²) in [6.45, 7) is 0. The third-order valence-corrected chi connectivity index (χ3v) is 5.34. The minimum atomic E-state index is -4.04. The first kappa shape index (κ1) is 15.2. The van der Waals surface area contributed by atoms with Crippen molar-refractivity contribution in [1.29, 1.82) is 0 Å². The van der Waals surface area contributed by atoms with E-state index in [9.17, 15) is 18.0 Å². The van der Waals surface area contributed by atoms with Crippen molar-refractivity contribution in [3.8, 4) is 5.75 Å². The van der Waals surface area contributed by atoms with Crippen LogP contribution < -0.4 is 4.74 Å². The Kier molecular flexibility index (Phi) is 3.61. The summed E-state index contributed by atoms with van der Waals surface area (Å²) in [5, 5.41) is 0. The molecule has 0 unspecified atom stereocenters. The number of Topliss-reactive ketones (excluding diaryl/α,β-unsaturated/α-hetero) is 1. The summed E-state index contributed by atoms with van der Waals surface area (Å²) < 4.78 is 30.2. The molecular formula is C17H12O5S. The van der Waals surface area contributed by atoms with E-state index in [1.807, 2.05) is 0 Å². The molecule has 0 amide bonds. The Balaban J connectivity index is 2.14. The lowest BCUT2D eigenvalue weighted by Crippen LogP contribution is -2.22. The van der Waals surface area contributed by atoms with Crippen molar-refractivity contribution in [2.45, 2.75) is 4.90 Å². The van der Waals surface area contributed by atoms with E-state index in [-0.39, 0.29) is 16.0 Å². The van der Waals surface area contributed by atoms with E-state index >= 15 is 0 Å². The van der Waals surface area contributed by atoms with Crippen molar-refractivity contribution in [3.63, 3.8) is 0 Å². The fraction of sp³-hybridized carbons (Fsp3) is 0.0588. The zero-order valence-corrected chi connectivity index (χ0v) is 13.0. The number of ether oxygens (including phenoxy) is 1. The summed E-state index contributed by atoms with van der Waals surface area (Å²) in [7, 11) is -2.60. The van der Waals surface area contributed by atoms with Gasteiger partial charge in [-0.3, -0.25) is 9.59 Å². The van der Waals surface area contributed by atoms with Crippen molar-refractivity contribution in [2.24, 2.45) is 0 Å². The molecule has 0 heterocycles. The van der Waals surface area contributed by atoms with Crippen LogP contribution in [0.1, 0.15) is 20.7 Å². The van der Waals surface area contributed by atoms with Crippen molar-refractivity contribution in [2.75, 3.05) is 7.11 Å². The lowest BCUT2D eigenvalue weighted by molar-refractivity contribution is 0.0990. The van der Waals surface area contributed by atoms with Crippen LogP contribution in [0.3, 0.4) is 0 Å². The quantitative estimate of drug-likeness (QED) is 0.865. The summed E-state index contributed by atoms with van der Waals surface area (Å²) in [4.78, 5) is 24.2. The number of ketones is 2. The average Bonchev–Trinajstić information content (AvgIpc) is 2.58. The zero-order chi connectivity index (χ0) is 16.6. The number of hydrogen-bond donors (Lipinski definition) is 0. The predicted molar refractivity (Wildman–Crippen MR) is 83.4 cm³/mol. The molecule has 1 aliphatic carbocycles. The number of fused-ring (bicyclic) bond motifs is 1. The van der Waals surface area contributed by atoms with E-state index < -0.39 is 26.3 Å². The largest absolute Gasteiger partial charge is 0.497 e. The molecule has 0 bridgehead atoms. The van der Waals surface area contributed by atoms with Gasteiger partial charge in [0.25, 0.3) is 0 Å². The van der Waals surface area contributed by atoms with Crippen LogP contribution in [0.25, 0.3) is 0 Å². The molecule has 0 N–H and O–H groups in total. The first-order valence-electron chi connectivity index (χ1n) is 6.74. The van der Waals surface area contributed by atoms with Gasteiger partial charge in [0.15, 0.2) is 5.78 Å². The Hall–Kier alpha value is -2.73. The van der Waals surface area contributed by atoms with Crippen molar-refractivity contribution in [3.05, 3.63) is 70.6 Å². The highest BCUT2D eigenvalue weighted by Gasteiger charge is 2.34. The maximum atomic E-state index is 12.6. The summed E-state index contributed by atoms with van der Waals surface area (Å²) >= 11 is 0. The molecule has 116 valence electrons. The van der Waals surface area contributed by atoms with Gasteiger partial charge < -0.3 is 4.74 Å². The second-order valence-corrected chi connectivity index (χ2v) is 6.85. The van der Waals surface area contributed by atoms with Crippen LogP contribution in [0.15, 0.2) is 64.4 Å². The highest BCUT2D eigenvalue weighted by Crippen LogP contribution is 2.30. The number of carbonyl (C=O) groups is 2. The lowest BCUT2D eigenvalue weighted by atomic mass is 9.94. The van der Waals surface area contributed by atoms with Crippen LogP contribution in [0, 0.1) is 0 Å². The SMILES string of the molecule is COc1ccc2c(c1)C(=O)C=C(S(=O)(=O)c1ccccc1)C2=O.